The van der Waals surface area contributed by atoms with Crippen molar-refractivity contribution in [3.8, 4) is 0 Å². The highest BCUT2D eigenvalue weighted by atomic mass is 16.5. The maximum atomic E-state index is 11.5. The average molecular weight is 279 g/mol. The van der Waals surface area contributed by atoms with Gasteiger partial charge in [-0.1, -0.05) is 31.9 Å². The summed E-state index contributed by atoms with van der Waals surface area (Å²) in [5.41, 5.74) is 1.09. The van der Waals surface area contributed by atoms with Crippen molar-refractivity contribution in [1.82, 2.24) is 5.32 Å². The number of hydrogen-bond acceptors (Lipinski definition) is 3. The third-order valence-electron chi connectivity index (χ3n) is 2.82. The van der Waals surface area contributed by atoms with Crippen molar-refractivity contribution in [2.75, 3.05) is 13.2 Å². The summed E-state index contributed by atoms with van der Waals surface area (Å²) in [5, 5.41) is 11.5. The van der Waals surface area contributed by atoms with Crippen LogP contribution in [-0.2, 0) is 16.1 Å². The van der Waals surface area contributed by atoms with Crippen molar-refractivity contribution in [1.29, 1.82) is 0 Å². The van der Waals surface area contributed by atoms with E-state index in [-0.39, 0.29) is 18.1 Å². The van der Waals surface area contributed by atoms with E-state index in [9.17, 15) is 9.59 Å². The molecule has 0 spiro atoms. The minimum atomic E-state index is -0.957. The number of rotatable bonds is 9. The Balaban J connectivity index is 2.22. The van der Waals surface area contributed by atoms with E-state index in [1.165, 1.54) is 12.1 Å². The van der Waals surface area contributed by atoms with E-state index in [1.807, 2.05) is 0 Å². The predicted octanol–water partition coefficient (Wildman–Crippen LogP) is 2.21. The van der Waals surface area contributed by atoms with Crippen LogP contribution in [0.4, 0.5) is 0 Å². The fourth-order valence-electron chi connectivity index (χ4n) is 1.64. The second-order valence-corrected chi connectivity index (χ2v) is 4.54. The average Bonchev–Trinajstić information content (AvgIpc) is 2.45. The Hall–Kier alpha value is -1.88. The van der Waals surface area contributed by atoms with Crippen molar-refractivity contribution in [3.63, 3.8) is 0 Å². The lowest BCUT2D eigenvalue weighted by Crippen LogP contribution is -2.27. The number of hydrogen-bond donors (Lipinski definition) is 2. The van der Waals surface area contributed by atoms with Gasteiger partial charge in [-0.05, 0) is 24.1 Å². The van der Waals surface area contributed by atoms with Gasteiger partial charge in [0.05, 0.1) is 5.56 Å². The number of carbonyl (C=O) groups excluding carboxylic acids is 1. The van der Waals surface area contributed by atoms with E-state index in [0.29, 0.717) is 13.2 Å². The van der Waals surface area contributed by atoms with Crippen LogP contribution in [0, 0.1) is 0 Å². The third-order valence-corrected chi connectivity index (χ3v) is 2.82. The highest BCUT2D eigenvalue weighted by Crippen LogP contribution is 2.04. The van der Waals surface area contributed by atoms with Gasteiger partial charge >= 0.3 is 5.97 Å². The Kier molecular flexibility index (Phi) is 7.35. The quantitative estimate of drug-likeness (QED) is 0.679. The number of carbonyl (C=O) groups is 2. The van der Waals surface area contributed by atoms with Crippen LogP contribution in [0.25, 0.3) is 0 Å². The zero-order chi connectivity index (χ0) is 14.8. The maximum absolute atomic E-state index is 11.5. The van der Waals surface area contributed by atoms with Gasteiger partial charge in [-0.15, -0.1) is 0 Å². The standard InChI is InChI=1S/C15H21NO4/c1-2-3-4-9-20-11-14(17)16-10-12-5-7-13(8-6-12)15(18)19/h5-8H,2-4,9-11H2,1H3,(H,16,17)(H,18,19). The van der Waals surface area contributed by atoms with Gasteiger partial charge in [0.1, 0.15) is 6.61 Å². The highest BCUT2D eigenvalue weighted by Gasteiger charge is 2.04. The molecule has 5 heteroatoms. The second kappa shape index (κ2) is 9.09. The van der Waals surface area contributed by atoms with Gasteiger partial charge in [-0.2, -0.15) is 0 Å². The summed E-state index contributed by atoms with van der Waals surface area (Å²) in [5.74, 6) is -1.12. The van der Waals surface area contributed by atoms with Crippen molar-refractivity contribution < 1.29 is 19.4 Å². The zero-order valence-electron chi connectivity index (χ0n) is 11.7. The molecule has 0 heterocycles. The second-order valence-electron chi connectivity index (χ2n) is 4.54. The fourth-order valence-corrected chi connectivity index (χ4v) is 1.64. The summed E-state index contributed by atoms with van der Waals surface area (Å²) >= 11 is 0. The number of amides is 1. The van der Waals surface area contributed by atoms with Crippen molar-refractivity contribution >= 4 is 11.9 Å². The van der Waals surface area contributed by atoms with Gasteiger partial charge in [0.25, 0.3) is 0 Å². The zero-order valence-corrected chi connectivity index (χ0v) is 11.7. The summed E-state index contributed by atoms with van der Waals surface area (Å²) < 4.78 is 5.25. The van der Waals surface area contributed by atoms with E-state index < -0.39 is 5.97 Å². The molecule has 0 fully saturated rings. The lowest BCUT2D eigenvalue weighted by atomic mass is 10.1. The SMILES string of the molecule is CCCCCOCC(=O)NCc1ccc(C(=O)O)cc1. The number of ether oxygens (including phenoxy) is 1. The molecule has 0 unspecified atom stereocenters. The summed E-state index contributed by atoms with van der Waals surface area (Å²) in [4.78, 5) is 22.2. The number of aromatic carboxylic acids is 1. The van der Waals surface area contributed by atoms with Crippen LogP contribution < -0.4 is 5.32 Å². The van der Waals surface area contributed by atoms with E-state index >= 15 is 0 Å². The fraction of sp³-hybridized carbons (Fsp3) is 0.467. The molecule has 0 aromatic heterocycles. The Bertz CT molecular complexity index is 428. The van der Waals surface area contributed by atoms with Crippen molar-refractivity contribution in [2.24, 2.45) is 0 Å². The normalized spacial score (nSPS) is 10.2. The third kappa shape index (κ3) is 6.33. The molecule has 1 amide bonds. The summed E-state index contributed by atoms with van der Waals surface area (Å²) in [6, 6.07) is 6.41. The summed E-state index contributed by atoms with van der Waals surface area (Å²) in [6.07, 6.45) is 3.21. The first-order valence-corrected chi connectivity index (χ1v) is 6.80. The van der Waals surface area contributed by atoms with Crippen LogP contribution in [0.5, 0.6) is 0 Å². The molecular formula is C15H21NO4. The van der Waals surface area contributed by atoms with Crippen LogP contribution in [-0.4, -0.2) is 30.2 Å². The van der Waals surface area contributed by atoms with Gasteiger partial charge in [0.15, 0.2) is 0 Å². The molecule has 0 aliphatic heterocycles. The lowest BCUT2D eigenvalue weighted by molar-refractivity contribution is -0.125. The molecule has 0 bridgehead atoms. The largest absolute Gasteiger partial charge is 0.478 e. The predicted molar refractivity (Wildman–Crippen MR) is 75.6 cm³/mol. The Morgan fingerprint density at radius 2 is 1.90 bits per heavy atom. The Morgan fingerprint density at radius 3 is 2.50 bits per heavy atom. The minimum absolute atomic E-state index is 0.0664. The summed E-state index contributed by atoms with van der Waals surface area (Å²) in [7, 11) is 0. The molecule has 1 aromatic rings. The molecule has 0 atom stereocenters. The Morgan fingerprint density at radius 1 is 1.20 bits per heavy atom. The monoisotopic (exact) mass is 279 g/mol. The smallest absolute Gasteiger partial charge is 0.335 e. The molecule has 20 heavy (non-hydrogen) atoms. The van der Waals surface area contributed by atoms with Gasteiger partial charge in [0.2, 0.25) is 5.91 Å². The molecule has 2 N–H and O–H groups in total. The molecule has 5 nitrogen and oxygen atoms in total. The van der Waals surface area contributed by atoms with Crippen molar-refractivity contribution in [2.45, 2.75) is 32.7 Å². The number of carboxylic acid groups (broad SMARTS) is 1. The maximum Gasteiger partial charge on any atom is 0.335 e. The van der Waals surface area contributed by atoms with E-state index in [1.54, 1.807) is 12.1 Å². The minimum Gasteiger partial charge on any atom is -0.478 e. The van der Waals surface area contributed by atoms with Gasteiger partial charge in [-0.25, -0.2) is 4.79 Å². The first-order valence-electron chi connectivity index (χ1n) is 6.80. The molecule has 110 valence electrons. The van der Waals surface area contributed by atoms with Crippen LogP contribution in [0.2, 0.25) is 0 Å². The molecule has 0 saturated carbocycles. The molecule has 0 aliphatic rings. The van der Waals surface area contributed by atoms with Gasteiger partial charge in [0, 0.05) is 13.2 Å². The van der Waals surface area contributed by atoms with E-state index in [0.717, 1.165) is 24.8 Å². The van der Waals surface area contributed by atoms with E-state index in [4.69, 9.17) is 9.84 Å². The molecule has 1 aromatic carbocycles. The molecule has 1 rings (SSSR count). The van der Waals surface area contributed by atoms with Crippen LogP contribution in [0.3, 0.4) is 0 Å². The number of unbranched alkanes of at least 4 members (excludes halogenated alkanes) is 2. The molecule has 0 aliphatic carbocycles. The molecule has 0 radical (unpaired) electrons. The molecular weight excluding hydrogens is 258 g/mol. The summed E-state index contributed by atoms with van der Waals surface area (Å²) in [6.45, 7) is 3.16. The molecule has 0 saturated heterocycles. The number of benzene rings is 1. The number of nitrogens with one attached hydrogen (secondary N) is 1. The Labute approximate surface area is 118 Å². The topological polar surface area (TPSA) is 75.6 Å². The lowest BCUT2D eigenvalue weighted by Gasteiger charge is -2.06. The van der Waals surface area contributed by atoms with Crippen LogP contribution in [0.15, 0.2) is 24.3 Å². The first kappa shape index (κ1) is 16.2. The van der Waals surface area contributed by atoms with Crippen LogP contribution >= 0.6 is 0 Å². The number of carboxylic acids is 1. The highest BCUT2D eigenvalue weighted by molar-refractivity contribution is 5.87. The van der Waals surface area contributed by atoms with Crippen molar-refractivity contribution in [3.05, 3.63) is 35.4 Å². The van der Waals surface area contributed by atoms with Gasteiger partial charge < -0.3 is 15.2 Å². The first-order chi connectivity index (χ1) is 9.63. The van der Waals surface area contributed by atoms with Crippen LogP contribution in [0.1, 0.15) is 42.1 Å². The van der Waals surface area contributed by atoms with E-state index in [2.05, 4.69) is 12.2 Å². The van der Waals surface area contributed by atoms with Gasteiger partial charge in [-0.3, -0.25) is 4.79 Å².